The minimum Gasteiger partial charge on any atom is -0.481 e. The summed E-state index contributed by atoms with van der Waals surface area (Å²) in [6, 6.07) is 0. The first-order chi connectivity index (χ1) is 12.9. The van der Waals surface area contributed by atoms with Gasteiger partial charge in [0, 0.05) is 18.3 Å². The van der Waals surface area contributed by atoms with Crippen molar-refractivity contribution in [2.24, 2.45) is 34.5 Å². The van der Waals surface area contributed by atoms with Crippen LogP contribution in [0, 0.1) is 34.5 Å². The van der Waals surface area contributed by atoms with Crippen molar-refractivity contribution in [2.45, 2.75) is 58.2 Å². The standard InChI is InChI=1S/C22H30O6/c1-11-5-15-21(27,18(11)26)8-13(10-23)6-14-17-19(3,4)20(17,9-16(24)25)7-12(2)22(14,15)28/h5-6,12,14-15,17,23,27-28H,7-10H2,1-4H3,(H,24,25). The monoisotopic (exact) mass is 390 g/mol. The summed E-state index contributed by atoms with van der Waals surface area (Å²) in [7, 11) is 0. The van der Waals surface area contributed by atoms with Crippen LogP contribution in [0.15, 0.2) is 23.3 Å². The summed E-state index contributed by atoms with van der Waals surface area (Å²) >= 11 is 0. The van der Waals surface area contributed by atoms with Gasteiger partial charge in [-0.2, -0.15) is 0 Å². The fourth-order valence-electron chi connectivity index (χ4n) is 7.32. The summed E-state index contributed by atoms with van der Waals surface area (Å²) < 4.78 is 0. The summed E-state index contributed by atoms with van der Waals surface area (Å²) in [5, 5.41) is 42.9. The van der Waals surface area contributed by atoms with Crippen LogP contribution >= 0.6 is 0 Å². The van der Waals surface area contributed by atoms with Gasteiger partial charge in [-0.1, -0.05) is 32.9 Å². The molecule has 0 aromatic heterocycles. The lowest BCUT2D eigenvalue weighted by atomic mass is 9.58. The Morgan fingerprint density at radius 2 is 1.89 bits per heavy atom. The van der Waals surface area contributed by atoms with E-state index in [1.165, 1.54) is 0 Å². The van der Waals surface area contributed by atoms with E-state index in [4.69, 9.17) is 0 Å². The first-order valence-electron chi connectivity index (χ1n) is 10.1. The Hall–Kier alpha value is -1.50. The fraction of sp³-hybridized carbons (Fsp3) is 0.727. The number of carboxylic acid groups (broad SMARTS) is 1. The molecule has 0 heterocycles. The van der Waals surface area contributed by atoms with Crippen LogP contribution in [0.3, 0.4) is 0 Å². The van der Waals surface area contributed by atoms with Gasteiger partial charge in [-0.15, -0.1) is 0 Å². The molecule has 4 aliphatic rings. The van der Waals surface area contributed by atoms with Crippen molar-refractivity contribution in [1.29, 1.82) is 0 Å². The van der Waals surface area contributed by atoms with Crippen molar-refractivity contribution in [3.63, 3.8) is 0 Å². The Bertz CT molecular complexity index is 825. The molecular weight excluding hydrogens is 360 g/mol. The van der Waals surface area contributed by atoms with Crippen molar-refractivity contribution in [3.05, 3.63) is 23.3 Å². The number of aliphatic hydroxyl groups is 3. The number of carbonyl (C=O) groups excluding carboxylic acids is 1. The van der Waals surface area contributed by atoms with Gasteiger partial charge in [-0.25, -0.2) is 0 Å². The second-order valence-corrected chi connectivity index (χ2v) is 10.2. The Kier molecular flexibility index (Phi) is 3.93. The van der Waals surface area contributed by atoms with Crippen LogP contribution in [0.5, 0.6) is 0 Å². The lowest BCUT2D eigenvalue weighted by molar-refractivity contribution is -0.173. The predicted molar refractivity (Wildman–Crippen MR) is 101 cm³/mol. The Labute approximate surface area is 165 Å². The molecule has 0 amide bonds. The van der Waals surface area contributed by atoms with Crippen LogP contribution < -0.4 is 0 Å². The molecule has 4 aliphatic carbocycles. The number of fused-ring (bicyclic) bond motifs is 5. The molecule has 4 N–H and O–H groups in total. The average molecular weight is 390 g/mol. The summed E-state index contributed by atoms with van der Waals surface area (Å²) in [6.07, 6.45) is 4.08. The van der Waals surface area contributed by atoms with Gasteiger partial charge >= 0.3 is 5.97 Å². The minimum absolute atomic E-state index is 0.00848. The molecule has 6 nitrogen and oxygen atoms in total. The third kappa shape index (κ3) is 2.09. The molecule has 0 bridgehead atoms. The smallest absolute Gasteiger partial charge is 0.303 e. The molecule has 7 atom stereocenters. The molecule has 2 saturated carbocycles. The maximum atomic E-state index is 12.8. The zero-order chi connectivity index (χ0) is 20.9. The topological polar surface area (TPSA) is 115 Å². The van der Waals surface area contributed by atoms with E-state index in [2.05, 4.69) is 0 Å². The van der Waals surface area contributed by atoms with Gasteiger partial charge in [-0.3, -0.25) is 9.59 Å². The zero-order valence-corrected chi connectivity index (χ0v) is 16.9. The van der Waals surface area contributed by atoms with Crippen molar-refractivity contribution < 1.29 is 30.0 Å². The number of hydrogen-bond acceptors (Lipinski definition) is 5. The number of aliphatic hydroxyl groups excluding tert-OH is 1. The molecule has 0 spiro atoms. The molecule has 2 fully saturated rings. The van der Waals surface area contributed by atoms with Crippen LogP contribution in [-0.4, -0.2) is 50.0 Å². The van der Waals surface area contributed by atoms with Crippen molar-refractivity contribution in [3.8, 4) is 0 Å². The molecule has 0 aromatic rings. The van der Waals surface area contributed by atoms with Crippen molar-refractivity contribution in [1.82, 2.24) is 0 Å². The fourth-order valence-corrected chi connectivity index (χ4v) is 7.32. The summed E-state index contributed by atoms with van der Waals surface area (Å²) in [6.45, 7) is 7.33. The lowest BCUT2D eigenvalue weighted by Crippen LogP contribution is -2.60. The van der Waals surface area contributed by atoms with E-state index in [1.54, 1.807) is 13.0 Å². The molecule has 0 radical (unpaired) electrons. The SMILES string of the molecule is CC1=CC2C(O)(CC(CO)=CC3C4C(C)(C)C4(CC(=O)O)CC(C)C32O)C1=O. The second kappa shape index (κ2) is 5.55. The quantitative estimate of drug-likeness (QED) is 0.545. The lowest BCUT2D eigenvalue weighted by Gasteiger charge is -2.50. The number of aliphatic carboxylic acids is 1. The number of carboxylic acids is 1. The molecule has 0 aliphatic heterocycles. The van der Waals surface area contributed by atoms with Crippen LogP contribution in [0.25, 0.3) is 0 Å². The van der Waals surface area contributed by atoms with E-state index >= 15 is 0 Å². The van der Waals surface area contributed by atoms with Crippen LogP contribution in [-0.2, 0) is 9.59 Å². The molecule has 28 heavy (non-hydrogen) atoms. The third-order valence-electron chi connectivity index (χ3n) is 8.69. The minimum atomic E-state index is -1.76. The maximum Gasteiger partial charge on any atom is 0.303 e. The normalized spacial score (nSPS) is 48.6. The summed E-state index contributed by atoms with van der Waals surface area (Å²) in [5.74, 6) is -2.85. The van der Waals surface area contributed by atoms with E-state index in [9.17, 15) is 30.0 Å². The molecule has 6 heteroatoms. The second-order valence-electron chi connectivity index (χ2n) is 10.2. The van der Waals surface area contributed by atoms with E-state index in [1.807, 2.05) is 26.8 Å². The van der Waals surface area contributed by atoms with Gasteiger partial charge in [0.05, 0.1) is 18.6 Å². The highest BCUT2D eigenvalue weighted by Crippen LogP contribution is 2.81. The molecular formula is C22H30O6. The molecule has 154 valence electrons. The van der Waals surface area contributed by atoms with E-state index in [0.29, 0.717) is 17.6 Å². The molecule has 0 aromatic carbocycles. The number of ketones is 1. The van der Waals surface area contributed by atoms with Gasteiger partial charge in [-0.05, 0) is 47.2 Å². The Balaban J connectivity index is 1.90. The van der Waals surface area contributed by atoms with Crippen molar-refractivity contribution >= 4 is 11.8 Å². The number of Topliss-reactive ketones (excluding diaryl/α,β-unsaturated/α-hetero) is 1. The number of hydrogen-bond donors (Lipinski definition) is 4. The highest BCUT2D eigenvalue weighted by molar-refractivity contribution is 6.04. The molecule has 4 rings (SSSR count). The zero-order valence-electron chi connectivity index (χ0n) is 16.9. The van der Waals surface area contributed by atoms with E-state index in [-0.39, 0.29) is 36.7 Å². The summed E-state index contributed by atoms with van der Waals surface area (Å²) in [5.41, 5.74) is -2.90. The van der Waals surface area contributed by atoms with Crippen LogP contribution in [0.4, 0.5) is 0 Å². The molecule has 0 saturated heterocycles. The largest absolute Gasteiger partial charge is 0.481 e. The Morgan fingerprint density at radius 1 is 1.25 bits per heavy atom. The maximum absolute atomic E-state index is 12.8. The first-order valence-corrected chi connectivity index (χ1v) is 10.1. The average Bonchev–Trinajstić information content (AvgIpc) is 2.99. The Morgan fingerprint density at radius 3 is 2.46 bits per heavy atom. The van der Waals surface area contributed by atoms with Gasteiger partial charge in [0.1, 0.15) is 5.60 Å². The summed E-state index contributed by atoms with van der Waals surface area (Å²) in [4.78, 5) is 24.4. The highest BCUT2D eigenvalue weighted by atomic mass is 16.4. The van der Waals surface area contributed by atoms with E-state index in [0.717, 1.165) is 0 Å². The van der Waals surface area contributed by atoms with Gasteiger partial charge < -0.3 is 20.4 Å². The van der Waals surface area contributed by atoms with Gasteiger partial charge in [0.2, 0.25) is 0 Å². The number of rotatable bonds is 3. The van der Waals surface area contributed by atoms with Gasteiger partial charge in [0.15, 0.2) is 5.78 Å². The first kappa shape index (κ1) is 19.8. The highest BCUT2D eigenvalue weighted by Gasteiger charge is 2.80. The predicted octanol–water partition coefficient (Wildman–Crippen LogP) is 1.69. The molecule has 7 unspecified atom stereocenters. The van der Waals surface area contributed by atoms with E-state index < -0.39 is 40.2 Å². The van der Waals surface area contributed by atoms with Crippen LogP contribution in [0.1, 0.15) is 47.0 Å². The number of carbonyl (C=O) groups is 2. The van der Waals surface area contributed by atoms with Crippen LogP contribution in [0.2, 0.25) is 0 Å². The van der Waals surface area contributed by atoms with Gasteiger partial charge in [0.25, 0.3) is 0 Å². The third-order valence-corrected chi connectivity index (χ3v) is 8.69. The van der Waals surface area contributed by atoms with Crippen molar-refractivity contribution in [2.75, 3.05) is 6.61 Å².